The lowest BCUT2D eigenvalue weighted by molar-refractivity contribution is 0.631. The molecule has 0 N–H and O–H groups in total. The van der Waals surface area contributed by atoms with Gasteiger partial charge in [-0.05, 0) is 81.9 Å². The van der Waals surface area contributed by atoms with Gasteiger partial charge in [-0.15, -0.1) is 0 Å². The van der Waals surface area contributed by atoms with Crippen LogP contribution in [0.5, 0.6) is 0 Å². The molecule has 0 amide bonds. The van der Waals surface area contributed by atoms with E-state index in [1.54, 1.807) is 0 Å². The van der Waals surface area contributed by atoms with Gasteiger partial charge in [0.1, 0.15) is 22.7 Å². The molecule has 4 heterocycles. The molecule has 0 spiro atoms. The molecule has 6 nitrogen and oxygen atoms in total. The number of hydrogen-bond acceptors (Lipinski definition) is 6. The van der Waals surface area contributed by atoms with Crippen LogP contribution in [0.3, 0.4) is 0 Å². The van der Waals surface area contributed by atoms with E-state index in [-0.39, 0.29) is 11.8 Å². The van der Waals surface area contributed by atoms with Crippen LogP contribution >= 0.6 is 0 Å². The highest BCUT2D eigenvalue weighted by Gasteiger charge is 2.41. The highest BCUT2D eigenvalue weighted by Crippen LogP contribution is 2.56. The van der Waals surface area contributed by atoms with E-state index in [1.807, 2.05) is 48.5 Å². The predicted octanol–water partition coefficient (Wildman–Crippen LogP) is 17.1. The summed E-state index contributed by atoms with van der Waals surface area (Å²) in [5.74, 6) is 3.10. The second-order valence-corrected chi connectivity index (χ2v) is 19.3. The summed E-state index contributed by atoms with van der Waals surface area (Å²) < 4.78 is 12.4. The molecule has 9 aromatic carbocycles. The Bertz CT molecular complexity index is 3970. The monoisotopic (exact) mass is 946 g/mol. The maximum absolute atomic E-state index is 6.22. The quantitative estimate of drug-likeness (QED) is 0.151. The Hall–Kier alpha value is -9.78. The fourth-order valence-electron chi connectivity index (χ4n) is 11.3. The maximum atomic E-state index is 6.22. The van der Waals surface area contributed by atoms with Gasteiger partial charge in [0.2, 0.25) is 0 Å². The van der Waals surface area contributed by atoms with Gasteiger partial charge in [0.15, 0.2) is 11.6 Å². The Kier molecular flexibility index (Phi) is 9.60. The fourth-order valence-corrected chi connectivity index (χ4v) is 11.3. The molecule has 3 aliphatic carbocycles. The summed E-state index contributed by atoms with van der Waals surface area (Å²) in [5.41, 5.74) is 21.1. The highest BCUT2D eigenvalue weighted by molar-refractivity contribution is 5.85. The average molecular weight is 947 g/mol. The molecule has 0 saturated heterocycles. The van der Waals surface area contributed by atoms with Crippen LogP contribution in [0.15, 0.2) is 251 Å². The summed E-state index contributed by atoms with van der Waals surface area (Å²) in [7, 11) is 0. The number of aromatic nitrogens is 4. The van der Waals surface area contributed by atoms with E-state index in [9.17, 15) is 0 Å². The van der Waals surface area contributed by atoms with Gasteiger partial charge in [-0.25, -0.2) is 19.9 Å². The molecule has 0 fully saturated rings. The Morgan fingerprint density at radius 2 is 0.568 bits per heavy atom. The minimum atomic E-state index is 0.0233. The summed E-state index contributed by atoms with van der Waals surface area (Å²) in [6.45, 7) is 0. The molecule has 3 aliphatic rings. The first-order chi connectivity index (χ1) is 36.6. The lowest BCUT2D eigenvalue weighted by Crippen LogP contribution is -2.27. The first-order valence-corrected chi connectivity index (χ1v) is 25.1. The largest absolute Gasteiger partial charge is 0.456 e. The van der Waals surface area contributed by atoms with Crippen molar-refractivity contribution in [2.75, 3.05) is 0 Å². The molecule has 0 radical (unpaired) electrons. The second-order valence-electron chi connectivity index (χ2n) is 19.3. The van der Waals surface area contributed by atoms with Gasteiger partial charge in [-0.2, -0.15) is 0 Å². The summed E-state index contributed by atoms with van der Waals surface area (Å²) in [6.07, 6.45) is 0. The van der Waals surface area contributed by atoms with E-state index in [1.165, 1.54) is 33.4 Å². The van der Waals surface area contributed by atoms with Gasteiger partial charge >= 0.3 is 0 Å². The predicted molar refractivity (Wildman–Crippen MR) is 295 cm³/mol. The number of fused-ring (bicyclic) bond motifs is 2. The standard InChI is InChI=1S/C68H42N4O2/c1-3-13-41(14-4-1)57-39-59(43-23-27-45(28-24-43)63-37-47-17-7-11-21-61(47)73-63)71-67(69-57)49-31-33-53-55(35-49)65-51-19-9-10-20-52(51)66(53)56-36-50(32-34-54(56)65)68-70-58(42-15-5-2-6-16-42)40-60(72-68)44-25-29-46(30-26-44)64-38-48-18-8-12-22-62(48)74-64/h1-40,65-66H/t65-,66?/m1/s1. The van der Waals surface area contributed by atoms with E-state index < -0.39 is 0 Å². The Balaban J connectivity index is 0.807. The third kappa shape index (κ3) is 7.10. The van der Waals surface area contributed by atoms with Crippen LogP contribution in [0.2, 0.25) is 0 Å². The third-order valence-electron chi connectivity index (χ3n) is 14.9. The van der Waals surface area contributed by atoms with Crippen LogP contribution in [0.1, 0.15) is 45.2 Å². The van der Waals surface area contributed by atoms with Crippen LogP contribution in [-0.4, -0.2) is 19.9 Å². The van der Waals surface area contributed by atoms with Gasteiger partial charge in [0.05, 0.1) is 22.8 Å². The van der Waals surface area contributed by atoms with Crippen molar-refractivity contribution in [1.82, 2.24) is 19.9 Å². The SMILES string of the molecule is c1ccc(-c2cc(-c3ccc(-c4cc5ccccc5o4)cc3)nc(-c3ccc4c(c3)C3c5ccccc5[C@H]4c4cc(-c5nc(-c6ccccc6)cc(-c6ccc(-c7cc8ccccc8o7)cc6)n5)ccc43)n2)cc1. The molecule has 346 valence electrons. The molecular weight excluding hydrogens is 905 g/mol. The van der Waals surface area contributed by atoms with Crippen LogP contribution < -0.4 is 0 Å². The zero-order valence-corrected chi connectivity index (χ0v) is 39.9. The third-order valence-corrected chi connectivity index (χ3v) is 14.9. The number of hydrogen-bond donors (Lipinski definition) is 0. The topological polar surface area (TPSA) is 77.8 Å². The smallest absolute Gasteiger partial charge is 0.160 e. The number of benzene rings is 9. The van der Waals surface area contributed by atoms with Gasteiger partial charge in [-0.3, -0.25) is 0 Å². The van der Waals surface area contributed by atoms with Gasteiger partial charge in [-0.1, -0.05) is 194 Å². The van der Waals surface area contributed by atoms with E-state index in [0.29, 0.717) is 11.6 Å². The van der Waals surface area contributed by atoms with E-state index in [2.05, 4.69) is 194 Å². The minimum absolute atomic E-state index is 0.0233. The zero-order chi connectivity index (χ0) is 48.7. The fraction of sp³-hybridized carbons (Fsp3) is 0.0294. The van der Waals surface area contributed by atoms with E-state index >= 15 is 0 Å². The highest BCUT2D eigenvalue weighted by atomic mass is 16.3. The number of furan rings is 2. The summed E-state index contributed by atoms with van der Waals surface area (Å²) in [5, 5.41) is 2.17. The number of rotatable bonds is 8. The molecule has 6 heteroatoms. The Morgan fingerprint density at radius 3 is 0.973 bits per heavy atom. The normalized spacial score (nSPS) is 14.2. The molecular formula is C68H42N4O2. The van der Waals surface area contributed by atoms with E-state index in [4.69, 9.17) is 28.8 Å². The van der Waals surface area contributed by atoms with Crippen molar-refractivity contribution in [2.45, 2.75) is 11.8 Å². The van der Waals surface area contributed by atoms with E-state index in [0.717, 1.165) is 101 Å². The maximum Gasteiger partial charge on any atom is 0.160 e. The molecule has 16 rings (SSSR count). The van der Waals surface area contributed by atoms with Crippen molar-refractivity contribution in [3.8, 4) is 90.5 Å². The lowest BCUT2D eigenvalue weighted by atomic mass is 9.61. The first kappa shape index (κ1) is 42.0. The van der Waals surface area contributed by atoms with Crippen LogP contribution in [0, 0.1) is 0 Å². The van der Waals surface area contributed by atoms with Crippen molar-refractivity contribution in [2.24, 2.45) is 0 Å². The van der Waals surface area contributed by atoms with Crippen molar-refractivity contribution in [1.29, 1.82) is 0 Å². The van der Waals surface area contributed by atoms with Crippen LogP contribution in [0.25, 0.3) is 112 Å². The summed E-state index contributed by atoms with van der Waals surface area (Å²) >= 11 is 0. The van der Waals surface area contributed by atoms with Crippen molar-refractivity contribution >= 4 is 21.9 Å². The van der Waals surface area contributed by atoms with Crippen molar-refractivity contribution in [3.63, 3.8) is 0 Å². The van der Waals surface area contributed by atoms with Crippen molar-refractivity contribution < 1.29 is 8.83 Å². The molecule has 2 atom stereocenters. The second kappa shape index (κ2) is 16.9. The summed E-state index contributed by atoms with van der Waals surface area (Å²) in [6, 6.07) is 85.0. The first-order valence-electron chi connectivity index (χ1n) is 25.1. The van der Waals surface area contributed by atoms with Crippen LogP contribution in [-0.2, 0) is 0 Å². The zero-order valence-electron chi connectivity index (χ0n) is 39.9. The van der Waals surface area contributed by atoms with Gasteiger partial charge in [0, 0.05) is 67.1 Å². The van der Waals surface area contributed by atoms with Crippen LogP contribution in [0.4, 0.5) is 0 Å². The minimum Gasteiger partial charge on any atom is -0.456 e. The number of nitrogens with zero attached hydrogens (tertiary/aromatic N) is 4. The Morgan fingerprint density at radius 1 is 0.243 bits per heavy atom. The summed E-state index contributed by atoms with van der Waals surface area (Å²) in [4.78, 5) is 21.2. The molecule has 2 bridgehead atoms. The average Bonchev–Trinajstić information content (AvgIpc) is 4.14. The molecule has 0 aliphatic heterocycles. The number of para-hydroxylation sites is 2. The molecule has 13 aromatic rings. The lowest BCUT2D eigenvalue weighted by Gasteiger charge is -2.42. The Labute approximate surface area is 427 Å². The molecule has 74 heavy (non-hydrogen) atoms. The van der Waals surface area contributed by atoms with Gasteiger partial charge < -0.3 is 8.83 Å². The molecule has 0 saturated carbocycles. The van der Waals surface area contributed by atoms with Crippen molar-refractivity contribution in [3.05, 3.63) is 276 Å². The van der Waals surface area contributed by atoms with Gasteiger partial charge in [0.25, 0.3) is 0 Å². The molecule has 1 unspecified atom stereocenters. The molecule has 4 aromatic heterocycles.